The molecule has 4 aromatic rings. The first-order valence-corrected chi connectivity index (χ1v) is 15.7. The molecule has 0 heterocycles. The van der Waals surface area contributed by atoms with Crippen LogP contribution in [0.25, 0.3) is 0 Å². The molecular formula is C38H46N4O2. The molecule has 0 unspecified atom stereocenters. The topological polar surface area (TPSA) is 82.3 Å². The third-order valence-electron chi connectivity index (χ3n) is 8.42. The maximum Gasteiger partial charge on any atom is 0.234 e. The molecule has 0 aliphatic heterocycles. The van der Waals surface area contributed by atoms with Crippen molar-refractivity contribution in [2.75, 3.05) is 39.3 Å². The van der Waals surface area contributed by atoms with Gasteiger partial charge in [0.1, 0.15) is 0 Å². The monoisotopic (exact) mass is 590 g/mol. The Morgan fingerprint density at radius 3 is 0.977 bits per heavy atom. The minimum absolute atomic E-state index is 0.0107. The van der Waals surface area contributed by atoms with Gasteiger partial charge in [-0.25, -0.2) is 0 Å². The number of hydrogen-bond acceptors (Lipinski definition) is 4. The quantitative estimate of drug-likeness (QED) is 0.128. The number of rotatable bonds is 17. The third-order valence-corrected chi connectivity index (χ3v) is 8.42. The number of benzene rings is 4. The fourth-order valence-electron chi connectivity index (χ4n) is 5.55. The highest BCUT2D eigenvalue weighted by Gasteiger charge is 2.37. The van der Waals surface area contributed by atoms with Gasteiger partial charge in [0, 0.05) is 26.2 Å². The Morgan fingerprint density at radius 1 is 0.432 bits per heavy atom. The second-order valence-corrected chi connectivity index (χ2v) is 11.4. The van der Waals surface area contributed by atoms with E-state index in [9.17, 15) is 9.59 Å². The first-order chi connectivity index (χ1) is 21.5. The molecule has 4 N–H and O–H groups in total. The lowest BCUT2D eigenvalue weighted by Crippen LogP contribution is -2.44. The highest BCUT2D eigenvalue weighted by atomic mass is 16.2. The lowest BCUT2D eigenvalue weighted by molar-refractivity contribution is -0.125. The van der Waals surface area contributed by atoms with Crippen LogP contribution in [-0.2, 0) is 20.4 Å². The van der Waals surface area contributed by atoms with Crippen molar-refractivity contribution in [3.05, 3.63) is 144 Å². The molecule has 230 valence electrons. The summed E-state index contributed by atoms with van der Waals surface area (Å²) < 4.78 is 0. The molecule has 4 rings (SSSR count). The normalized spacial score (nSPS) is 11.6. The Kier molecular flexibility index (Phi) is 12.3. The van der Waals surface area contributed by atoms with Crippen LogP contribution in [0.2, 0.25) is 0 Å². The zero-order valence-corrected chi connectivity index (χ0v) is 26.0. The van der Waals surface area contributed by atoms with Crippen molar-refractivity contribution < 1.29 is 9.59 Å². The molecule has 0 saturated carbocycles. The molecule has 6 heteroatoms. The van der Waals surface area contributed by atoms with E-state index in [1.807, 2.05) is 135 Å². The Morgan fingerprint density at radius 2 is 0.705 bits per heavy atom. The van der Waals surface area contributed by atoms with Crippen molar-refractivity contribution in [1.82, 2.24) is 21.3 Å². The fraction of sp³-hybridized carbons (Fsp3) is 0.316. The van der Waals surface area contributed by atoms with Gasteiger partial charge in [-0.3, -0.25) is 9.59 Å². The number of carbonyl (C=O) groups excluding carboxylic acids is 2. The van der Waals surface area contributed by atoms with E-state index in [-0.39, 0.29) is 11.8 Å². The van der Waals surface area contributed by atoms with Crippen LogP contribution >= 0.6 is 0 Å². The largest absolute Gasteiger partial charge is 0.355 e. The van der Waals surface area contributed by atoms with Gasteiger partial charge in [0.2, 0.25) is 11.8 Å². The molecule has 0 bridgehead atoms. The van der Waals surface area contributed by atoms with Crippen molar-refractivity contribution in [3.63, 3.8) is 0 Å². The SMILES string of the molecule is CC(C(=O)NCCCNCCNCCCNC(=O)C(C)(c1ccccc1)c1ccccc1)(c1ccccc1)c1ccccc1. The number of carbonyl (C=O) groups is 2. The van der Waals surface area contributed by atoms with E-state index in [0.717, 1.165) is 61.3 Å². The minimum Gasteiger partial charge on any atom is -0.355 e. The van der Waals surface area contributed by atoms with Gasteiger partial charge in [-0.05, 0) is 62.0 Å². The predicted octanol–water partition coefficient (Wildman–Crippen LogP) is 5.19. The van der Waals surface area contributed by atoms with Crippen LogP contribution in [-0.4, -0.2) is 51.1 Å². The van der Waals surface area contributed by atoms with Gasteiger partial charge >= 0.3 is 0 Å². The van der Waals surface area contributed by atoms with Crippen LogP contribution in [0.5, 0.6) is 0 Å². The molecule has 0 fully saturated rings. The maximum absolute atomic E-state index is 13.4. The number of hydrogen-bond donors (Lipinski definition) is 4. The second kappa shape index (κ2) is 16.6. The average molecular weight is 591 g/mol. The van der Waals surface area contributed by atoms with E-state index >= 15 is 0 Å². The molecule has 44 heavy (non-hydrogen) atoms. The van der Waals surface area contributed by atoms with Gasteiger partial charge in [-0.1, -0.05) is 121 Å². The molecule has 0 saturated heterocycles. The predicted molar refractivity (Wildman–Crippen MR) is 180 cm³/mol. The number of amides is 2. The van der Waals surface area contributed by atoms with Gasteiger partial charge in [0.15, 0.2) is 0 Å². The zero-order valence-electron chi connectivity index (χ0n) is 26.0. The third kappa shape index (κ3) is 8.22. The van der Waals surface area contributed by atoms with Crippen molar-refractivity contribution in [2.24, 2.45) is 0 Å². The summed E-state index contributed by atoms with van der Waals surface area (Å²) in [7, 11) is 0. The Hall–Kier alpha value is -4.26. The van der Waals surface area contributed by atoms with Crippen LogP contribution in [0.4, 0.5) is 0 Å². The second-order valence-electron chi connectivity index (χ2n) is 11.4. The first-order valence-electron chi connectivity index (χ1n) is 15.7. The summed E-state index contributed by atoms with van der Waals surface area (Å²) in [5.41, 5.74) is 2.42. The van der Waals surface area contributed by atoms with E-state index in [2.05, 4.69) is 21.3 Å². The van der Waals surface area contributed by atoms with Gasteiger partial charge < -0.3 is 21.3 Å². The lowest BCUT2D eigenvalue weighted by atomic mass is 9.75. The van der Waals surface area contributed by atoms with Crippen LogP contribution in [0.15, 0.2) is 121 Å². The van der Waals surface area contributed by atoms with Crippen LogP contribution in [0.1, 0.15) is 48.9 Å². The molecular weight excluding hydrogens is 544 g/mol. The first kappa shape index (κ1) is 32.6. The average Bonchev–Trinajstić information content (AvgIpc) is 3.09. The molecule has 4 aromatic carbocycles. The molecule has 0 radical (unpaired) electrons. The molecule has 0 aromatic heterocycles. The standard InChI is InChI=1S/C38H46N4O2/c1-37(31-17-7-3-8-18-31,32-19-9-4-10-20-32)35(43)41-27-15-25-39-29-30-40-26-16-28-42-36(44)38(2,33-21-11-5-12-22-33)34-23-13-6-14-24-34/h3-14,17-24,39-40H,15-16,25-30H2,1-2H3,(H,41,43)(H,42,44). The maximum atomic E-state index is 13.4. The van der Waals surface area contributed by atoms with E-state index in [4.69, 9.17) is 0 Å². The van der Waals surface area contributed by atoms with Gasteiger partial charge in [0.05, 0.1) is 10.8 Å². The highest BCUT2D eigenvalue weighted by Crippen LogP contribution is 2.33. The Bertz CT molecular complexity index is 1220. The highest BCUT2D eigenvalue weighted by molar-refractivity contribution is 5.92. The Labute approximate surface area is 262 Å². The van der Waals surface area contributed by atoms with Crippen LogP contribution in [0, 0.1) is 0 Å². The lowest BCUT2D eigenvalue weighted by Gasteiger charge is -2.29. The van der Waals surface area contributed by atoms with Crippen molar-refractivity contribution >= 4 is 11.8 Å². The minimum atomic E-state index is -0.749. The molecule has 0 spiro atoms. The number of nitrogens with one attached hydrogen (secondary N) is 4. The summed E-state index contributed by atoms with van der Waals surface area (Å²) in [4.78, 5) is 26.8. The summed E-state index contributed by atoms with van der Waals surface area (Å²) in [6.45, 7) is 8.53. The van der Waals surface area contributed by atoms with E-state index in [0.29, 0.717) is 13.1 Å². The van der Waals surface area contributed by atoms with E-state index < -0.39 is 10.8 Å². The van der Waals surface area contributed by atoms with E-state index in [1.54, 1.807) is 0 Å². The van der Waals surface area contributed by atoms with Crippen molar-refractivity contribution in [3.8, 4) is 0 Å². The summed E-state index contributed by atoms with van der Waals surface area (Å²) in [6.07, 6.45) is 1.69. The van der Waals surface area contributed by atoms with Gasteiger partial charge in [0.25, 0.3) is 0 Å². The smallest absolute Gasteiger partial charge is 0.234 e. The molecule has 0 aliphatic carbocycles. The van der Waals surface area contributed by atoms with Gasteiger partial charge in [-0.2, -0.15) is 0 Å². The summed E-state index contributed by atoms with van der Waals surface area (Å²) in [5.74, 6) is 0.0213. The molecule has 6 nitrogen and oxygen atoms in total. The van der Waals surface area contributed by atoms with Gasteiger partial charge in [-0.15, -0.1) is 0 Å². The summed E-state index contributed by atoms with van der Waals surface area (Å²) in [6, 6.07) is 39.8. The van der Waals surface area contributed by atoms with Crippen molar-refractivity contribution in [2.45, 2.75) is 37.5 Å². The fourth-order valence-corrected chi connectivity index (χ4v) is 5.55. The summed E-state index contributed by atoms with van der Waals surface area (Å²) in [5, 5.41) is 13.2. The molecule has 0 aliphatic rings. The van der Waals surface area contributed by atoms with Crippen molar-refractivity contribution in [1.29, 1.82) is 0 Å². The molecule has 2 amide bonds. The zero-order chi connectivity index (χ0) is 31.1. The molecule has 0 atom stereocenters. The Balaban J connectivity index is 1.11. The van der Waals surface area contributed by atoms with Crippen LogP contribution < -0.4 is 21.3 Å². The van der Waals surface area contributed by atoms with Crippen LogP contribution in [0.3, 0.4) is 0 Å². The van der Waals surface area contributed by atoms with E-state index in [1.165, 1.54) is 0 Å². The summed E-state index contributed by atoms with van der Waals surface area (Å²) >= 11 is 0.